The number of aromatic nitrogens is 1. The first kappa shape index (κ1) is 19.7. The number of amides is 1. The fourth-order valence-corrected chi connectivity index (χ4v) is 3.03. The monoisotopic (exact) mass is 395 g/mol. The Balaban J connectivity index is 1.64. The number of carbonyl (C=O) groups excluding carboxylic acids is 1. The molecule has 2 N–H and O–H groups in total. The summed E-state index contributed by atoms with van der Waals surface area (Å²) < 4.78 is 5.31. The summed E-state index contributed by atoms with van der Waals surface area (Å²) in [5.74, 6) is 0.373. The van der Waals surface area contributed by atoms with Crippen molar-refractivity contribution in [3.05, 3.63) is 82.6 Å². The number of nitrogens with zero attached hydrogens (tertiary/aromatic N) is 1. The Labute approximate surface area is 169 Å². The van der Waals surface area contributed by atoms with Gasteiger partial charge in [-0.25, -0.2) is 0 Å². The molecule has 144 valence electrons. The molecule has 6 heteroatoms. The molecule has 0 bridgehead atoms. The number of hydrogen-bond donors (Lipinski definition) is 2. The maximum absolute atomic E-state index is 12.6. The van der Waals surface area contributed by atoms with Crippen LogP contribution < -0.4 is 15.4 Å². The van der Waals surface area contributed by atoms with Gasteiger partial charge in [0.1, 0.15) is 5.75 Å². The largest absolute Gasteiger partial charge is 0.495 e. The number of nitrogens with one attached hydrogen (secondary N) is 2. The molecular formula is C22H22ClN3O2. The number of aryl methyl sites for hydroxylation is 1. The normalized spacial score (nSPS) is 10.4. The third-order valence-corrected chi connectivity index (χ3v) is 4.47. The van der Waals surface area contributed by atoms with Gasteiger partial charge < -0.3 is 15.4 Å². The number of carbonyl (C=O) groups is 1. The van der Waals surface area contributed by atoms with Gasteiger partial charge in [-0.1, -0.05) is 29.8 Å². The summed E-state index contributed by atoms with van der Waals surface area (Å²) >= 11 is 6.01. The molecule has 3 aromatic rings. The first-order valence-corrected chi connectivity index (χ1v) is 9.32. The number of methoxy groups -OCH3 is 1. The average molecular weight is 396 g/mol. The predicted octanol–water partition coefficient (Wildman–Crippen LogP) is 4.96. The first-order valence-electron chi connectivity index (χ1n) is 8.94. The molecule has 0 unspecified atom stereocenters. The van der Waals surface area contributed by atoms with E-state index >= 15 is 0 Å². The Morgan fingerprint density at radius 1 is 1.14 bits per heavy atom. The van der Waals surface area contributed by atoms with Crippen molar-refractivity contribution in [3.63, 3.8) is 0 Å². The molecule has 0 aliphatic carbocycles. The summed E-state index contributed by atoms with van der Waals surface area (Å²) in [6.45, 7) is 2.67. The maximum atomic E-state index is 12.6. The summed E-state index contributed by atoms with van der Waals surface area (Å²) in [5.41, 5.74) is 4.06. The summed E-state index contributed by atoms with van der Waals surface area (Å²) in [5, 5.41) is 6.91. The number of hydrogen-bond acceptors (Lipinski definition) is 4. The van der Waals surface area contributed by atoms with Gasteiger partial charge in [-0.3, -0.25) is 9.78 Å². The number of pyridine rings is 1. The zero-order chi connectivity index (χ0) is 19.9. The van der Waals surface area contributed by atoms with Gasteiger partial charge in [0, 0.05) is 24.0 Å². The SMILES string of the molecule is COc1ccc(C)cc1NC(=O)c1cncc(NCCc2cccc(Cl)c2)c1. The molecule has 0 spiro atoms. The van der Waals surface area contributed by atoms with Crippen molar-refractivity contribution in [2.45, 2.75) is 13.3 Å². The van der Waals surface area contributed by atoms with Gasteiger partial charge in [0.2, 0.25) is 0 Å². The molecule has 0 saturated heterocycles. The second kappa shape index (κ2) is 9.24. The Morgan fingerprint density at radius 3 is 2.79 bits per heavy atom. The molecule has 28 heavy (non-hydrogen) atoms. The van der Waals surface area contributed by atoms with E-state index in [0.717, 1.165) is 28.3 Å². The lowest BCUT2D eigenvalue weighted by atomic mass is 10.1. The van der Waals surface area contributed by atoms with Crippen LogP contribution in [0.2, 0.25) is 5.02 Å². The summed E-state index contributed by atoms with van der Waals surface area (Å²) in [6.07, 6.45) is 4.05. The van der Waals surface area contributed by atoms with Gasteiger partial charge in [-0.05, 0) is 54.8 Å². The van der Waals surface area contributed by atoms with Crippen LogP contribution in [-0.4, -0.2) is 24.5 Å². The van der Waals surface area contributed by atoms with Crippen LogP contribution in [0, 0.1) is 6.92 Å². The molecule has 3 rings (SSSR count). The molecule has 2 aromatic carbocycles. The van der Waals surface area contributed by atoms with Gasteiger partial charge in [-0.15, -0.1) is 0 Å². The molecule has 0 aliphatic rings. The van der Waals surface area contributed by atoms with Crippen LogP contribution in [0.15, 0.2) is 60.9 Å². The Morgan fingerprint density at radius 2 is 2.00 bits per heavy atom. The van der Waals surface area contributed by atoms with Crippen LogP contribution in [-0.2, 0) is 6.42 Å². The van der Waals surface area contributed by atoms with E-state index in [1.54, 1.807) is 25.6 Å². The predicted molar refractivity (Wildman–Crippen MR) is 114 cm³/mol. The zero-order valence-electron chi connectivity index (χ0n) is 15.8. The standard InChI is InChI=1S/C22H22ClN3O2/c1-15-6-7-21(28-2)20(10-15)26-22(27)17-12-19(14-24-13-17)25-9-8-16-4-3-5-18(23)11-16/h3-7,10-14,25H,8-9H2,1-2H3,(H,26,27). The van der Waals surface area contributed by atoms with Crippen molar-refractivity contribution in [2.24, 2.45) is 0 Å². The lowest BCUT2D eigenvalue weighted by Crippen LogP contribution is -2.14. The minimum absolute atomic E-state index is 0.241. The van der Waals surface area contributed by atoms with Gasteiger partial charge in [-0.2, -0.15) is 0 Å². The molecule has 1 amide bonds. The third-order valence-electron chi connectivity index (χ3n) is 4.24. The highest BCUT2D eigenvalue weighted by Gasteiger charge is 2.11. The van der Waals surface area contributed by atoms with E-state index in [1.807, 2.05) is 49.4 Å². The lowest BCUT2D eigenvalue weighted by Gasteiger charge is -2.12. The number of ether oxygens (including phenoxy) is 1. The molecule has 0 radical (unpaired) electrons. The lowest BCUT2D eigenvalue weighted by molar-refractivity contribution is 0.102. The first-order chi connectivity index (χ1) is 13.5. The van der Waals surface area contributed by atoms with Crippen LogP contribution >= 0.6 is 11.6 Å². The van der Waals surface area contributed by atoms with Crippen molar-refractivity contribution in [3.8, 4) is 5.75 Å². The minimum Gasteiger partial charge on any atom is -0.495 e. The van der Waals surface area contributed by atoms with Crippen LogP contribution in [0.3, 0.4) is 0 Å². The number of rotatable bonds is 7. The second-order valence-corrected chi connectivity index (χ2v) is 6.86. The van der Waals surface area contributed by atoms with Gasteiger partial charge in [0.05, 0.1) is 24.0 Å². The van der Waals surface area contributed by atoms with Gasteiger partial charge in [0.15, 0.2) is 0 Å². The van der Waals surface area contributed by atoms with Crippen molar-refractivity contribution in [1.29, 1.82) is 0 Å². The fourth-order valence-electron chi connectivity index (χ4n) is 2.82. The van der Waals surface area contributed by atoms with Crippen molar-refractivity contribution >= 4 is 28.9 Å². The van der Waals surface area contributed by atoms with Crippen LogP contribution in [0.25, 0.3) is 0 Å². The van der Waals surface area contributed by atoms with Crippen LogP contribution in [0.1, 0.15) is 21.5 Å². The average Bonchev–Trinajstić information content (AvgIpc) is 2.68. The highest BCUT2D eigenvalue weighted by molar-refractivity contribution is 6.30. The third kappa shape index (κ3) is 5.24. The van der Waals surface area contributed by atoms with E-state index < -0.39 is 0 Å². The molecule has 1 aromatic heterocycles. The summed E-state index contributed by atoms with van der Waals surface area (Å²) in [4.78, 5) is 16.8. The van der Waals surface area contributed by atoms with Gasteiger partial charge >= 0.3 is 0 Å². The second-order valence-electron chi connectivity index (χ2n) is 6.43. The number of halogens is 1. The van der Waals surface area contributed by atoms with Crippen molar-refractivity contribution < 1.29 is 9.53 Å². The Bertz CT molecular complexity index is 976. The van der Waals surface area contributed by atoms with E-state index in [-0.39, 0.29) is 5.91 Å². The van der Waals surface area contributed by atoms with Crippen LogP contribution in [0.4, 0.5) is 11.4 Å². The van der Waals surface area contributed by atoms with E-state index in [0.29, 0.717) is 23.5 Å². The Kier molecular flexibility index (Phi) is 6.50. The van der Waals surface area contributed by atoms with E-state index in [1.165, 1.54) is 0 Å². The van der Waals surface area contributed by atoms with Gasteiger partial charge in [0.25, 0.3) is 5.91 Å². The minimum atomic E-state index is -0.241. The number of anilines is 2. The molecule has 0 aliphatic heterocycles. The molecular weight excluding hydrogens is 374 g/mol. The molecule has 0 saturated carbocycles. The van der Waals surface area contributed by atoms with E-state index in [9.17, 15) is 4.79 Å². The van der Waals surface area contributed by atoms with Crippen molar-refractivity contribution in [1.82, 2.24) is 4.98 Å². The molecule has 5 nitrogen and oxygen atoms in total. The molecule has 0 atom stereocenters. The Hall–Kier alpha value is -3.05. The highest BCUT2D eigenvalue weighted by atomic mass is 35.5. The summed E-state index contributed by atoms with van der Waals surface area (Å²) in [7, 11) is 1.58. The molecule has 1 heterocycles. The van der Waals surface area contributed by atoms with E-state index in [4.69, 9.17) is 16.3 Å². The molecule has 0 fully saturated rings. The fraction of sp³-hybridized carbons (Fsp3) is 0.182. The van der Waals surface area contributed by atoms with E-state index in [2.05, 4.69) is 15.6 Å². The topological polar surface area (TPSA) is 63.2 Å². The zero-order valence-corrected chi connectivity index (χ0v) is 16.6. The number of benzene rings is 2. The van der Waals surface area contributed by atoms with Crippen LogP contribution in [0.5, 0.6) is 5.75 Å². The quantitative estimate of drug-likeness (QED) is 0.593. The summed E-state index contributed by atoms with van der Waals surface area (Å²) in [6, 6.07) is 15.2. The maximum Gasteiger partial charge on any atom is 0.257 e. The highest BCUT2D eigenvalue weighted by Crippen LogP contribution is 2.26. The van der Waals surface area contributed by atoms with Crippen molar-refractivity contribution in [2.75, 3.05) is 24.3 Å². The smallest absolute Gasteiger partial charge is 0.257 e.